The topological polar surface area (TPSA) is 46.5 Å². The van der Waals surface area contributed by atoms with Crippen LogP contribution in [0, 0.1) is 5.92 Å². The lowest BCUT2D eigenvalue weighted by atomic mass is 9.91. The van der Waals surface area contributed by atoms with Crippen LogP contribution in [0.15, 0.2) is 23.1 Å². The van der Waals surface area contributed by atoms with Gasteiger partial charge in [-0.1, -0.05) is 17.8 Å². The minimum absolute atomic E-state index is 0.139. The number of carboxylic acids is 1. The Hall–Kier alpha value is -1.16. The lowest BCUT2D eigenvalue weighted by molar-refractivity contribution is -0.137. The minimum atomic E-state index is -0.715. The highest BCUT2D eigenvalue weighted by atomic mass is 32.2. The van der Waals surface area contributed by atoms with Crippen molar-refractivity contribution >= 4 is 17.7 Å². The number of thioether (sulfide) groups is 1. The van der Waals surface area contributed by atoms with Crippen LogP contribution in [-0.4, -0.2) is 16.0 Å². The van der Waals surface area contributed by atoms with E-state index in [1.807, 2.05) is 19.9 Å². The monoisotopic (exact) mass is 278 g/mol. The van der Waals surface area contributed by atoms with Crippen molar-refractivity contribution < 1.29 is 14.6 Å². The van der Waals surface area contributed by atoms with Gasteiger partial charge in [0.1, 0.15) is 5.75 Å². The summed E-state index contributed by atoms with van der Waals surface area (Å²) in [6.07, 6.45) is 2.52. The second-order valence-electron chi connectivity index (χ2n) is 5.85. The Balaban J connectivity index is 1.87. The fourth-order valence-electron chi connectivity index (χ4n) is 2.71. The van der Waals surface area contributed by atoms with E-state index in [1.54, 1.807) is 11.8 Å². The Kier molecular flexibility index (Phi) is 3.01. The highest BCUT2D eigenvalue weighted by Gasteiger charge is 2.36. The number of benzene rings is 1. The summed E-state index contributed by atoms with van der Waals surface area (Å²) in [4.78, 5) is 11.9. The predicted molar refractivity (Wildman–Crippen MR) is 74.7 cm³/mol. The molecule has 102 valence electrons. The van der Waals surface area contributed by atoms with Crippen molar-refractivity contribution in [2.45, 2.75) is 48.9 Å². The fourth-order valence-corrected chi connectivity index (χ4v) is 3.71. The van der Waals surface area contributed by atoms with Gasteiger partial charge in [-0.25, -0.2) is 0 Å². The number of ether oxygens (including phenoxy) is 1. The van der Waals surface area contributed by atoms with Crippen molar-refractivity contribution in [3.05, 3.63) is 23.8 Å². The van der Waals surface area contributed by atoms with Crippen molar-refractivity contribution in [3.63, 3.8) is 0 Å². The Morgan fingerprint density at radius 3 is 2.89 bits per heavy atom. The number of rotatable bonds is 4. The van der Waals surface area contributed by atoms with Crippen molar-refractivity contribution in [2.24, 2.45) is 5.92 Å². The first kappa shape index (κ1) is 12.9. The molecule has 0 radical (unpaired) electrons. The van der Waals surface area contributed by atoms with Gasteiger partial charge in [-0.15, -0.1) is 0 Å². The smallest absolute Gasteiger partial charge is 0.303 e. The summed E-state index contributed by atoms with van der Waals surface area (Å²) in [6.45, 7) is 4.10. The SMILES string of the molecule is CC1(C)Oc2cc(C(CC(=O)O)C3CC3)ccc2S1. The van der Waals surface area contributed by atoms with Gasteiger partial charge in [-0.2, -0.15) is 0 Å². The molecule has 1 aromatic rings. The zero-order chi connectivity index (χ0) is 13.6. The van der Waals surface area contributed by atoms with E-state index in [1.165, 1.54) is 0 Å². The first-order chi connectivity index (χ1) is 8.94. The third-order valence-corrected chi connectivity index (χ3v) is 4.83. The van der Waals surface area contributed by atoms with Crippen molar-refractivity contribution in [3.8, 4) is 5.75 Å². The van der Waals surface area contributed by atoms with Gasteiger partial charge in [0, 0.05) is 0 Å². The number of carbonyl (C=O) groups is 1. The number of fused-ring (bicyclic) bond motifs is 1. The Bertz CT molecular complexity index is 520. The second kappa shape index (κ2) is 4.44. The van der Waals surface area contributed by atoms with Crippen LogP contribution in [0.2, 0.25) is 0 Å². The van der Waals surface area contributed by atoms with Gasteiger partial charge in [-0.05, 0) is 56.2 Å². The molecule has 0 saturated heterocycles. The molecule has 19 heavy (non-hydrogen) atoms. The van der Waals surface area contributed by atoms with Gasteiger partial charge in [-0.3, -0.25) is 4.79 Å². The third kappa shape index (κ3) is 2.73. The molecule has 3 rings (SSSR count). The van der Waals surface area contributed by atoms with E-state index in [0.717, 1.165) is 29.1 Å². The van der Waals surface area contributed by atoms with Crippen LogP contribution in [0.3, 0.4) is 0 Å². The van der Waals surface area contributed by atoms with E-state index >= 15 is 0 Å². The van der Waals surface area contributed by atoms with Crippen LogP contribution in [0.4, 0.5) is 0 Å². The summed E-state index contributed by atoms with van der Waals surface area (Å²) >= 11 is 1.71. The maximum atomic E-state index is 11.0. The molecule has 1 unspecified atom stereocenters. The number of aliphatic carboxylic acids is 1. The molecule has 1 aliphatic heterocycles. The molecule has 0 aromatic heterocycles. The zero-order valence-electron chi connectivity index (χ0n) is 11.2. The summed E-state index contributed by atoms with van der Waals surface area (Å²) in [5.74, 6) is 0.868. The first-order valence-electron chi connectivity index (χ1n) is 6.68. The van der Waals surface area contributed by atoms with E-state index in [0.29, 0.717) is 5.92 Å². The van der Waals surface area contributed by atoms with Crippen LogP contribution in [-0.2, 0) is 4.79 Å². The van der Waals surface area contributed by atoms with Crippen molar-refractivity contribution in [2.75, 3.05) is 0 Å². The summed E-state index contributed by atoms with van der Waals surface area (Å²) < 4.78 is 5.91. The van der Waals surface area contributed by atoms with Gasteiger partial charge in [0.05, 0.1) is 11.3 Å². The molecule has 1 N–H and O–H groups in total. The Morgan fingerprint density at radius 2 is 2.26 bits per heavy atom. The second-order valence-corrected chi connectivity index (χ2v) is 7.48. The molecule has 2 aliphatic rings. The van der Waals surface area contributed by atoms with Crippen molar-refractivity contribution in [1.82, 2.24) is 0 Å². The molecule has 4 heteroatoms. The van der Waals surface area contributed by atoms with Crippen molar-refractivity contribution in [1.29, 1.82) is 0 Å². The summed E-state index contributed by atoms with van der Waals surface area (Å²) in [6, 6.07) is 6.19. The van der Waals surface area contributed by atoms with Gasteiger partial charge >= 0.3 is 5.97 Å². The maximum absolute atomic E-state index is 11.0. The quantitative estimate of drug-likeness (QED) is 0.908. The van der Waals surface area contributed by atoms with Gasteiger partial charge < -0.3 is 9.84 Å². The predicted octanol–water partition coefficient (Wildman–Crippen LogP) is 3.88. The minimum Gasteiger partial charge on any atom is -0.481 e. The molecule has 1 saturated carbocycles. The number of hydrogen-bond acceptors (Lipinski definition) is 3. The van der Waals surface area contributed by atoms with E-state index in [-0.39, 0.29) is 17.3 Å². The van der Waals surface area contributed by atoms with Gasteiger partial charge in [0.15, 0.2) is 4.93 Å². The molecular formula is C15H18O3S. The maximum Gasteiger partial charge on any atom is 0.303 e. The number of carboxylic acid groups (broad SMARTS) is 1. The molecule has 1 fully saturated rings. The van der Waals surface area contributed by atoms with Gasteiger partial charge in [0.2, 0.25) is 0 Å². The van der Waals surface area contributed by atoms with E-state index in [4.69, 9.17) is 9.84 Å². The molecule has 1 aliphatic carbocycles. The normalized spacial score (nSPS) is 21.6. The third-order valence-electron chi connectivity index (χ3n) is 3.69. The van der Waals surface area contributed by atoms with E-state index in [2.05, 4.69) is 12.1 Å². The summed E-state index contributed by atoms with van der Waals surface area (Å²) in [7, 11) is 0. The van der Waals surface area contributed by atoms with E-state index < -0.39 is 5.97 Å². The van der Waals surface area contributed by atoms with Gasteiger partial charge in [0.25, 0.3) is 0 Å². The molecule has 0 amide bonds. The summed E-state index contributed by atoms with van der Waals surface area (Å²) in [5.41, 5.74) is 1.11. The lowest BCUT2D eigenvalue weighted by Gasteiger charge is -2.17. The molecule has 0 spiro atoms. The first-order valence-corrected chi connectivity index (χ1v) is 7.50. The highest BCUT2D eigenvalue weighted by molar-refractivity contribution is 8.00. The lowest BCUT2D eigenvalue weighted by Crippen LogP contribution is -2.18. The molecule has 1 atom stereocenters. The Morgan fingerprint density at radius 1 is 1.53 bits per heavy atom. The van der Waals surface area contributed by atoms with Crippen LogP contribution in [0.1, 0.15) is 44.6 Å². The average Bonchev–Trinajstić information content (AvgIpc) is 3.07. The molecule has 3 nitrogen and oxygen atoms in total. The number of hydrogen-bond donors (Lipinski definition) is 1. The molecule has 0 bridgehead atoms. The zero-order valence-corrected chi connectivity index (χ0v) is 12.0. The largest absolute Gasteiger partial charge is 0.481 e. The van der Waals surface area contributed by atoms with Crippen LogP contribution in [0.5, 0.6) is 5.75 Å². The van der Waals surface area contributed by atoms with Crippen LogP contribution >= 0.6 is 11.8 Å². The molecule has 1 aromatic carbocycles. The van der Waals surface area contributed by atoms with E-state index in [9.17, 15) is 4.79 Å². The highest BCUT2D eigenvalue weighted by Crippen LogP contribution is 2.50. The van der Waals surface area contributed by atoms with Crippen LogP contribution < -0.4 is 4.74 Å². The van der Waals surface area contributed by atoms with Crippen LogP contribution in [0.25, 0.3) is 0 Å². The fraction of sp³-hybridized carbons (Fsp3) is 0.533. The molecule has 1 heterocycles. The Labute approximate surface area is 117 Å². The average molecular weight is 278 g/mol. The summed E-state index contributed by atoms with van der Waals surface area (Å²) in [5, 5.41) is 9.06. The molecular weight excluding hydrogens is 260 g/mol. The standard InChI is InChI=1S/C15H18O3S/c1-15(2)18-12-7-10(5-6-13(12)19-15)11(8-14(16)17)9-3-4-9/h5-7,9,11H,3-4,8H2,1-2H3,(H,16,17).